The second-order valence-corrected chi connectivity index (χ2v) is 3.05. The molecule has 1 aliphatic rings. The molecule has 0 aromatic heterocycles. The summed E-state index contributed by atoms with van der Waals surface area (Å²) in [6.07, 6.45) is 3.03. The van der Waals surface area contributed by atoms with Gasteiger partial charge >= 0.3 is 11.8 Å². The van der Waals surface area contributed by atoms with E-state index in [0.29, 0.717) is 25.9 Å². The van der Waals surface area contributed by atoms with Crippen molar-refractivity contribution >= 4 is 18.1 Å². The van der Waals surface area contributed by atoms with Gasteiger partial charge in [0, 0.05) is 19.0 Å². The first-order valence-corrected chi connectivity index (χ1v) is 4.11. The molecule has 1 radical (unpaired) electrons. The van der Waals surface area contributed by atoms with Crippen LogP contribution in [0.25, 0.3) is 0 Å². The number of nitrogens with zero attached hydrogens (tertiary/aromatic N) is 1. The molecule has 13 heavy (non-hydrogen) atoms. The van der Waals surface area contributed by atoms with Crippen molar-refractivity contribution in [2.75, 3.05) is 13.1 Å². The molecule has 5 heteroatoms. The first-order chi connectivity index (χ1) is 6.15. The topological polar surface area (TPSA) is 80.5 Å². The summed E-state index contributed by atoms with van der Waals surface area (Å²) < 4.78 is 0. The van der Waals surface area contributed by atoms with Crippen LogP contribution in [0, 0.1) is 5.92 Å². The number of primary amides is 1. The first kappa shape index (κ1) is 9.70. The molecule has 5 nitrogen and oxygen atoms in total. The van der Waals surface area contributed by atoms with Gasteiger partial charge in [0.25, 0.3) is 0 Å². The maximum atomic E-state index is 11.0. The molecule has 0 bridgehead atoms. The molecule has 1 fully saturated rings. The first-order valence-electron chi connectivity index (χ1n) is 4.11. The minimum atomic E-state index is -0.937. The van der Waals surface area contributed by atoms with E-state index in [9.17, 15) is 14.4 Å². The molecular weight excluding hydrogens is 172 g/mol. The third kappa shape index (κ3) is 2.27. The van der Waals surface area contributed by atoms with Crippen LogP contribution in [0.5, 0.6) is 0 Å². The number of carbonyl (C=O) groups is 2. The van der Waals surface area contributed by atoms with Gasteiger partial charge in [-0.1, -0.05) is 0 Å². The summed E-state index contributed by atoms with van der Waals surface area (Å²) in [4.78, 5) is 33.2. The largest absolute Gasteiger partial charge is 0.361 e. The Kier molecular flexibility index (Phi) is 3.00. The second kappa shape index (κ2) is 4.02. The van der Waals surface area contributed by atoms with Gasteiger partial charge in [0.15, 0.2) is 0 Å². The summed E-state index contributed by atoms with van der Waals surface area (Å²) in [7, 11) is 0. The Morgan fingerprint density at radius 2 is 1.85 bits per heavy atom. The molecule has 0 spiro atoms. The molecule has 0 aromatic carbocycles. The molecule has 71 valence electrons. The van der Waals surface area contributed by atoms with Gasteiger partial charge in [0.1, 0.15) is 0 Å². The summed E-state index contributed by atoms with van der Waals surface area (Å²) in [6.45, 7) is 0.837. The zero-order valence-electron chi connectivity index (χ0n) is 7.16. The zero-order valence-corrected chi connectivity index (χ0v) is 7.16. The molecule has 0 saturated carbocycles. The van der Waals surface area contributed by atoms with E-state index >= 15 is 0 Å². The highest BCUT2D eigenvalue weighted by molar-refractivity contribution is 6.34. The van der Waals surface area contributed by atoms with Crippen molar-refractivity contribution in [3.8, 4) is 0 Å². The molecule has 1 aliphatic heterocycles. The van der Waals surface area contributed by atoms with Gasteiger partial charge < -0.3 is 10.6 Å². The van der Waals surface area contributed by atoms with E-state index in [4.69, 9.17) is 5.73 Å². The Balaban J connectivity index is 2.45. The van der Waals surface area contributed by atoms with E-state index in [0.717, 1.165) is 0 Å². The van der Waals surface area contributed by atoms with Gasteiger partial charge in [-0.2, -0.15) is 0 Å². The van der Waals surface area contributed by atoms with Crippen LogP contribution in [-0.2, 0) is 14.4 Å². The Hall–Kier alpha value is -1.39. The number of rotatable bonds is 1. The van der Waals surface area contributed by atoms with Crippen LogP contribution in [0.4, 0.5) is 0 Å². The van der Waals surface area contributed by atoms with Gasteiger partial charge in [-0.25, -0.2) is 0 Å². The molecule has 0 aliphatic carbocycles. The fourth-order valence-electron chi connectivity index (χ4n) is 1.36. The Bertz CT molecular complexity index is 232. The van der Waals surface area contributed by atoms with Crippen molar-refractivity contribution < 1.29 is 14.4 Å². The lowest BCUT2D eigenvalue weighted by Gasteiger charge is -2.28. The normalized spacial score (nSPS) is 18.3. The second-order valence-electron chi connectivity index (χ2n) is 3.05. The monoisotopic (exact) mass is 183 g/mol. The minimum absolute atomic E-state index is 0.100. The fraction of sp³-hybridized carbons (Fsp3) is 0.625. The molecule has 0 unspecified atom stereocenters. The van der Waals surface area contributed by atoms with Crippen molar-refractivity contribution in [3.63, 3.8) is 0 Å². The van der Waals surface area contributed by atoms with E-state index < -0.39 is 11.8 Å². The molecule has 2 N–H and O–H groups in total. The van der Waals surface area contributed by atoms with Crippen LogP contribution in [0.3, 0.4) is 0 Å². The van der Waals surface area contributed by atoms with E-state index in [1.54, 1.807) is 0 Å². The Morgan fingerprint density at radius 3 is 2.23 bits per heavy atom. The lowest BCUT2D eigenvalue weighted by Crippen LogP contribution is -2.44. The third-order valence-electron chi connectivity index (χ3n) is 2.16. The van der Waals surface area contributed by atoms with Gasteiger partial charge in [-0.15, -0.1) is 0 Å². The van der Waals surface area contributed by atoms with Crippen molar-refractivity contribution in [1.29, 1.82) is 0 Å². The van der Waals surface area contributed by atoms with E-state index in [1.807, 2.05) is 6.29 Å². The van der Waals surface area contributed by atoms with Gasteiger partial charge in [0.05, 0.1) is 0 Å². The van der Waals surface area contributed by atoms with Crippen molar-refractivity contribution in [3.05, 3.63) is 0 Å². The number of likely N-dealkylation sites (tertiary alicyclic amines) is 1. The van der Waals surface area contributed by atoms with E-state index in [1.165, 1.54) is 4.90 Å². The summed E-state index contributed by atoms with van der Waals surface area (Å²) in [5, 5.41) is 0. The van der Waals surface area contributed by atoms with E-state index in [-0.39, 0.29) is 5.92 Å². The van der Waals surface area contributed by atoms with E-state index in [2.05, 4.69) is 0 Å². The maximum Gasteiger partial charge on any atom is 0.311 e. The molecule has 0 aromatic rings. The molecule has 1 saturated heterocycles. The summed E-state index contributed by atoms with van der Waals surface area (Å²) in [5.74, 6) is -1.70. The van der Waals surface area contributed by atoms with Crippen LogP contribution in [0.15, 0.2) is 0 Å². The fourth-order valence-corrected chi connectivity index (χ4v) is 1.36. The van der Waals surface area contributed by atoms with Gasteiger partial charge in [0.2, 0.25) is 6.29 Å². The molecule has 2 amide bonds. The Morgan fingerprint density at radius 1 is 1.31 bits per heavy atom. The molecule has 0 atom stereocenters. The lowest BCUT2D eigenvalue weighted by molar-refractivity contribution is -0.144. The minimum Gasteiger partial charge on any atom is -0.361 e. The van der Waals surface area contributed by atoms with Crippen molar-refractivity contribution in [2.45, 2.75) is 12.8 Å². The maximum absolute atomic E-state index is 11.0. The quantitative estimate of drug-likeness (QED) is 0.519. The highest BCUT2D eigenvalue weighted by Crippen LogP contribution is 2.14. The van der Waals surface area contributed by atoms with Crippen LogP contribution < -0.4 is 5.73 Å². The number of piperidine rings is 1. The van der Waals surface area contributed by atoms with Gasteiger partial charge in [-0.3, -0.25) is 14.4 Å². The third-order valence-corrected chi connectivity index (χ3v) is 2.16. The molecule has 1 heterocycles. The number of amides is 2. The van der Waals surface area contributed by atoms with Crippen LogP contribution in [0.2, 0.25) is 0 Å². The standard InChI is InChI=1S/C8H11N2O3/c9-7(12)8(13)10-3-1-6(5-11)2-4-10/h6H,1-4H2,(H2,9,12). The van der Waals surface area contributed by atoms with Crippen LogP contribution in [0.1, 0.15) is 12.8 Å². The summed E-state index contributed by atoms with van der Waals surface area (Å²) in [6, 6.07) is 0. The summed E-state index contributed by atoms with van der Waals surface area (Å²) >= 11 is 0. The number of carbonyl (C=O) groups excluding carboxylic acids is 3. The van der Waals surface area contributed by atoms with Crippen molar-refractivity contribution in [1.82, 2.24) is 4.90 Å². The number of hydrogen-bond donors (Lipinski definition) is 1. The molecular formula is C8H11N2O3. The SMILES string of the molecule is NC(=O)C(=O)N1CCC([C]=O)CC1. The Labute approximate surface area is 75.9 Å². The predicted molar refractivity (Wildman–Crippen MR) is 44.2 cm³/mol. The average Bonchev–Trinajstić information content (AvgIpc) is 2.17. The zero-order chi connectivity index (χ0) is 9.84. The average molecular weight is 183 g/mol. The van der Waals surface area contributed by atoms with Crippen LogP contribution in [-0.4, -0.2) is 36.1 Å². The predicted octanol–water partition coefficient (Wildman–Crippen LogP) is -1.18. The number of hydrogen-bond acceptors (Lipinski definition) is 3. The highest BCUT2D eigenvalue weighted by atomic mass is 16.2. The summed E-state index contributed by atoms with van der Waals surface area (Å²) in [5.41, 5.74) is 4.83. The lowest BCUT2D eigenvalue weighted by atomic mass is 9.98. The molecule has 1 rings (SSSR count). The van der Waals surface area contributed by atoms with Crippen molar-refractivity contribution in [2.24, 2.45) is 11.7 Å². The van der Waals surface area contributed by atoms with Crippen LogP contribution >= 0.6 is 0 Å². The smallest absolute Gasteiger partial charge is 0.311 e. The number of nitrogens with two attached hydrogens (primary N) is 1. The highest BCUT2D eigenvalue weighted by Gasteiger charge is 2.25. The van der Waals surface area contributed by atoms with Gasteiger partial charge in [-0.05, 0) is 12.8 Å².